The Bertz CT molecular complexity index is 246. The Labute approximate surface area is 126 Å². The van der Waals surface area contributed by atoms with Crippen LogP contribution >= 0.6 is 0 Å². The first-order valence-electron chi connectivity index (χ1n) is 8.56. The maximum absolute atomic E-state index is 11.2. The van der Waals surface area contributed by atoms with Gasteiger partial charge in [0.2, 0.25) is 0 Å². The Hall–Kier alpha value is -0.790. The number of esters is 1. The summed E-state index contributed by atoms with van der Waals surface area (Å²) in [5, 5.41) is 0. The fourth-order valence-electron chi connectivity index (χ4n) is 2.36. The number of allylic oxidation sites excluding steroid dienone is 2. The molecule has 0 N–H and O–H groups in total. The number of unbranched alkanes of at least 4 members (excludes halogenated alkanes) is 4. The number of ether oxygens (including phenoxy) is 1. The third kappa shape index (κ3) is 12.3. The van der Waals surface area contributed by atoms with Crippen LogP contribution in [0.2, 0.25) is 0 Å². The minimum absolute atomic E-state index is 0.0785. The lowest BCUT2D eigenvalue weighted by atomic mass is 9.94. The molecular formula is C18H34O2. The van der Waals surface area contributed by atoms with Gasteiger partial charge in [-0.1, -0.05) is 64.5 Å². The summed E-state index contributed by atoms with van der Waals surface area (Å²) in [6.07, 6.45) is 16.4. The quantitative estimate of drug-likeness (QED) is 0.247. The smallest absolute Gasteiger partial charge is 0.306 e. The second-order valence-corrected chi connectivity index (χ2v) is 5.52. The molecule has 20 heavy (non-hydrogen) atoms. The monoisotopic (exact) mass is 282 g/mol. The van der Waals surface area contributed by atoms with E-state index in [1.807, 2.05) is 6.92 Å². The first kappa shape index (κ1) is 19.2. The zero-order valence-corrected chi connectivity index (χ0v) is 13.8. The van der Waals surface area contributed by atoms with Crippen LogP contribution in [0.1, 0.15) is 85.0 Å². The fourth-order valence-corrected chi connectivity index (χ4v) is 2.36. The number of carbonyl (C=O) groups excluding carboxylic acids is 1. The van der Waals surface area contributed by atoms with Gasteiger partial charge in [0.1, 0.15) is 0 Å². The van der Waals surface area contributed by atoms with Gasteiger partial charge in [-0.25, -0.2) is 0 Å². The van der Waals surface area contributed by atoms with E-state index in [4.69, 9.17) is 4.74 Å². The molecule has 0 aliphatic heterocycles. The van der Waals surface area contributed by atoms with Gasteiger partial charge in [0.25, 0.3) is 0 Å². The maximum Gasteiger partial charge on any atom is 0.306 e. The Morgan fingerprint density at radius 1 is 1.00 bits per heavy atom. The minimum Gasteiger partial charge on any atom is -0.466 e. The van der Waals surface area contributed by atoms with E-state index in [1.165, 1.54) is 51.4 Å². The van der Waals surface area contributed by atoms with E-state index in [0.29, 0.717) is 18.9 Å². The van der Waals surface area contributed by atoms with E-state index in [0.717, 1.165) is 6.42 Å². The lowest BCUT2D eigenvalue weighted by Crippen LogP contribution is -2.02. The molecule has 118 valence electrons. The predicted molar refractivity (Wildman–Crippen MR) is 86.8 cm³/mol. The molecular weight excluding hydrogens is 248 g/mol. The molecule has 2 nitrogen and oxygen atoms in total. The molecule has 0 aromatic rings. The number of hydrogen-bond donors (Lipinski definition) is 0. The van der Waals surface area contributed by atoms with Gasteiger partial charge in [0, 0.05) is 6.42 Å². The maximum atomic E-state index is 11.2. The Morgan fingerprint density at radius 2 is 1.70 bits per heavy atom. The van der Waals surface area contributed by atoms with Crippen LogP contribution in [0, 0.1) is 5.92 Å². The molecule has 0 fully saturated rings. The van der Waals surface area contributed by atoms with Crippen LogP contribution in [-0.2, 0) is 9.53 Å². The molecule has 0 amide bonds. The molecule has 0 saturated heterocycles. The summed E-state index contributed by atoms with van der Waals surface area (Å²) in [7, 11) is 0. The summed E-state index contributed by atoms with van der Waals surface area (Å²) in [4.78, 5) is 11.2. The van der Waals surface area contributed by atoms with Crippen molar-refractivity contribution in [3.63, 3.8) is 0 Å². The van der Waals surface area contributed by atoms with E-state index in [9.17, 15) is 4.79 Å². The van der Waals surface area contributed by atoms with Crippen molar-refractivity contribution in [2.75, 3.05) is 6.61 Å². The summed E-state index contributed by atoms with van der Waals surface area (Å²) in [5.74, 6) is 0.624. The highest BCUT2D eigenvalue weighted by atomic mass is 16.5. The van der Waals surface area contributed by atoms with Gasteiger partial charge in [-0.2, -0.15) is 0 Å². The molecule has 0 aliphatic carbocycles. The molecule has 0 radical (unpaired) electrons. The highest BCUT2D eigenvalue weighted by molar-refractivity contribution is 5.69. The van der Waals surface area contributed by atoms with Gasteiger partial charge in [-0.05, 0) is 32.1 Å². The summed E-state index contributed by atoms with van der Waals surface area (Å²) >= 11 is 0. The van der Waals surface area contributed by atoms with Gasteiger partial charge in [-0.15, -0.1) is 0 Å². The molecule has 1 atom stereocenters. The topological polar surface area (TPSA) is 26.3 Å². The lowest BCUT2D eigenvalue weighted by molar-refractivity contribution is -0.143. The minimum atomic E-state index is -0.0785. The van der Waals surface area contributed by atoms with E-state index in [1.54, 1.807) is 0 Å². The van der Waals surface area contributed by atoms with Crippen LogP contribution in [-0.4, -0.2) is 12.6 Å². The SMILES string of the molecule is CCCCCCC(C=CCCC(=O)OCC)CCCC. The van der Waals surface area contributed by atoms with Gasteiger partial charge in [-0.3, -0.25) is 4.79 Å². The number of rotatable bonds is 13. The lowest BCUT2D eigenvalue weighted by Gasteiger charge is -2.12. The van der Waals surface area contributed by atoms with E-state index < -0.39 is 0 Å². The molecule has 0 aliphatic rings. The van der Waals surface area contributed by atoms with Crippen molar-refractivity contribution in [2.45, 2.75) is 85.0 Å². The summed E-state index contributed by atoms with van der Waals surface area (Å²) in [6.45, 7) is 6.84. The third-order valence-electron chi connectivity index (χ3n) is 3.59. The van der Waals surface area contributed by atoms with Crippen LogP contribution in [0.5, 0.6) is 0 Å². The highest BCUT2D eigenvalue weighted by Crippen LogP contribution is 2.19. The average Bonchev–Trinajstić information content (AvgIpc) is 2.44. The standard InChI is InChI=1S/C18H34O2/c1-4-7-9-10-14-17(13-8-5-2)15-11-12-16-18(19)20-6-3/h11,15,17H,4-10,12-14,16H2,1-3H3. The van der Waals surface area contributed by atoms with Crippen molar-refractivity contribution in [1.29, 1.82) is 0 Å². The van der Waals surface area contributed by atoms with Crippen molar-refractivity contribution in [1.82, 2.24) is 0 Å². The van der Waals surface area contributed by atoms with Crippen LogP contribution in [0.3, 0.4) is 0 Å². The molecule has 0 saturated carbocycles. The van der Waals surface area contributed by atoms with E-state index in [-0.39, 0.29) is 5.97 Å². The summed E-state index contributed by atoms with van der Waals surface area (Å²) in [6, 6.07) is 0. The first-order valence-corrected chi connectivity index (χ1v) is 8.56. The molecule has 0 aromatic carbocycles. The first-order chi connectivity index (χ1) is 9.74. The van der Waals surface area contributed by atoms with Crippen molar-refractivity contribution < 1.29 is 9.53 Å². The normalized spacial score (nSPS) is 12.8. The Kier molecular flexibility index (Phi) is 14.0. The van der Waals surface area contributed by atoms with Crippen LogP contribution < -0.4 is 0 Å². The molecule has 0 bridgehead atoms. The van der Waals surface area contributed by atoms with E-state index in [2.05, 4.69) is 26.0 Å². The Balaban J connectivity index is 3.90. The van der Waals surface area contributed by atoms with Gasteiger partial charge in [0.15, 0.2) is 0 Å². The predicted octanol–water partition coefficient (Wildman–Crippen LogP) is 5.66. The largest absolute Gasteiger partial charge is 0.466 e. The molecule has 0 heterocycles. The van der Waals surface area contributed by atoms with Crippen LogP contribution in [0.15, 0.2) is 12.2 Å². The zero-order chi connectivity index (χ0) is 15.1. The van der Waals surface area contributed by atoms with Crippen molar-refractivity contribution in [3.8, 4) is 0 Å². The molecule has 1 unspecified atom stereocenters. The van der Waals surface area contributed by atoms with Crippen LogP contribution in [0.4, 0.5) is 0 Å². The second kappa shape index (κ2) is 14.6. The molecule has 0 aromatic heterocycles. The van der Waals surface area contributed by atoms with Crippen molar-refractivity contribution in [2.24, 2.45) is 5.92 Å². The van der Waals surface area contributed by atoms with Gasteiger partial charge in [0.05, 0.1) is 6.61 Å². The number of carbonyl (C=O) groups is 1. The molecule has 0 rings (SSSR count). The van der Waals surface area contributed by atoms with Gasteiger partial charge < -0.3 is 4.74 Å². The zero-order valence-electron chi connectivity index (χ0n) is 13.8. The third-order valence-corrected chi connectivity index (χ3v) is 3.59. The van der Waals surface area contributed by atoms with Crippen molar-refractivity contribution >= 4 is 5.97 Å². The van der Waals surface area contributed by atoms with E-state index >= 15 is 0 Å². The average molecular weight is 282 g/mol. The van der Waals surface area contributed by atoms with Gasteiger partial charge >= 0.3 is 5.97 Å². The second-order valence-electron chi connectivity index (χ2n) is 5.52. The fraction of sp³-hybridized carbons (Fsp3) is 0.833. The summed E-state index contributed by atoms with van der Waals surface area (Å²) < 4.78 is 4.93. The molecule has 2 heteroatoms. The summed E-state index contributed by atoms with van der Waals surface area (Å²) in [5.41, 5.74) is 0. The number of hydrogen-bond acceptors (Lipinski definition) is 2. The highest BCUT2D eigenvalue weighted by Gasteiger charge is 2.04. The van der Waals surface area contributed by atoms with Crippen molar-refractivity contribution in [3.05, 3.63) is 12.2 Å². The Morgan fingerprint density at radius 3 is 2.35 bits per heavy atom. The van der Waals surface area contributed by atoms with Crippen LogP contribution in [0.25, 0.3) is 0 Å². The molecule has 0 spiro atoms.